The Morgan fingerprint density at radius 1 is 0.740 bits per heavy atom. The van der Waals surface area contributed by atoms with Gasteiger partial charge in [-0.1, -0.05) is 116 Å². The van der Waals surface area contributed by atoms with Gasteiger partial charge in [0.2, 0.25) is 5.91 Å². The number of hydroxylamine groups is 2. The Morgan fingerprint density at radius 3 is 1.74 bits per heavy atom. The SMILES string of the molecule is CC[Si](CC)(CC)O[C@@H]([C@@H](C)[C@@H](COCc1ccccc1)O[Si](CC)(CC)CC)[C@@H](C)C(=O)N[C@@H](COC(=O)N(C)OC)Cc1ccccc1. The fraction of sp³-hybridized carbons (Fsp3) is 0.641. The van der Waals surface area contributed by atoms with Crippen molar-refractivity contribution in [2.75, 3.05) is 27.4 Å². The molecule has 0 fully saturated rings. The first-order valence-electron chi connectivity index (χ1n) is 18.7. The molecule has 11 heteroatoms. The van der Waals surface area contributed by atoms with Crippen LogP contribution in [0.25, 0.3) is 0 Å². The number of amides is 2. The van der Waals surface area contributed by atoms with Crippen molar-refractivity contribution in [3.05, 3.63) is 71.8 Å². The van der Waals surface area contributed by atoms with Crippen molar-refractivity contribution in [1.29, 1.82) is 0 Å². The molecule has 0 saturated heterocycles. The first-order valence-corrected chi connectivity index (χ1v) is 23.8. The van der Waals surface area contributed by atoms with Crippen molar-refractivity contribution in [2.24, 2.45) is 11.8 Å². The van der Waals surface area contributed by atoms with E-state index in [0.29, 0.717) is 19.6 Å². The number of nitrogens with one attached hydrogen (secondary N) is 1. The number of hydrogen-bond acceptors (Lipinski definition) is 7. The zero-order chi connectivity index (χ0) is 37.2. The largest absolute Gasteiger partial charge is 0.446 e. The summed E-state index contributed by atoms with van der Waals surface area (Å²) in [5.74, 6) is -0.766. The van der Waals surface area contributed by atoms with Crippen LogP contribution in [0.15, 0.2) is 60.7 Å². The first-order chi connectivity index (χ1) is 24.0. The third-order valence-electron chi connectivity index (χ3n) is 10.7. The molecule has 2 aromatic carbocycles. The lowest BCUT2D eigenvalue weighted by molar-refractivity contribution is -0.131. The fourth-order valence-corrected chi connectivity index (χ4v) is 12.4. The summed E-state index contributed by atoms with van der Waals surface area (Å²) in [6.45, 7) is 18.4. The van der Waals surface area contributed by atoms with Crippen LogP contribution in [-0.2, 0) is 41.0 Å². The number of hydrogen-bond donors (Lipinski definition) is 1. The van der Waals surface area contributed by atoms with E-state index in [-0.39, 0.29) is 24.5 Å². The predicted molar refractivity (Wildman–Crippen MR) is 207 cm³/mol. The van der Waals surface area contributed by atoms with Crippen LogP contribution < -0.4 is 5.32 Å². The molecule has 0 radical (unpaired) electrons. The van der Waals surface area contributed by atoms with Crippen LogP contribution in [0, 0.1) is 11.8 Å². The second kappa shape index (κ2) is 22.4. The van der Waals surface area contributed by atoms with Gasteiger partial charge in [0.1, 0.15) is 6.61 Å². The van der Waals surface area contributed by atoms with Gasteiger partial charge >= 0.3 is 6.09 Å². The first kappa shape index (κ1) is 43.6. The average molecular weight is 731 g/mol. The maximum Gasteiger partial charge on any atom is 0.433 e. The van der Waals surface area contributed by atoms with Crippen molar-refractivity contribution >= 4 is 28.6 Å². The van der Waals surface area contributed by atoms with E-state index in [1.165, 1.54) is 14.2 Å². The van der Waals surface area contributed by atoms with E-state index < -0.39 is 40.8 Å². The van der Waals surface area contributed by atoms with Gasteiger partial charge in [0.05, 0.1) is 44.5 Å². The Balaban J connectivity index is 2.46. The van der Waals surface area contributed by atoms with Gasteiger partial charge in [-0.25, -0.2) is 4.79 Å². The zero-order valence-electron chi connectivity index (χ0n) is 32.5. The van der Waals surface area contributed by atoms with Crippen molar-refractivity contribution in [3.63, 3.8) is 0 Å². The molecule has 282 valence electrons. The Morgan fingerprint density at radius 2 is 1.24 bits per heavy atom. The Hall–Kier alpha value is -2.55. The number of ether oxygens (including phenoxy) is 2. The smallest absolute Gasteiger partial charge is 0.433 e. The van der Waals surface area contributed by atoms with Gasteiger partial charge < -0.3 is 23.6 Å². The van der Waals surface area contributed by atoms with Gasteiger partial charge in [0, 0.05) is 13.0 Å². The number of benzene rings is 2. The summed E-state index contributed by atoms with van der Waals surface area (Å²) >= 11 is 0. The molecule has 2 aromatic rings. The Labute approximate surface area is 305 Å². The van der Waals surface area contributed by atoms with Crippen molar-refractivity contribution < 1.29 is 32.8 Å². The summed E-state index contributed by atoms with van der Waals surface area (Å²) in [7, 11) is -1.34. The number of rotatable bonds is 24. The normalized spacial score (nSPS) is 15.1. The molecular formula is C39H66N2O7Si2. The summed E-state index contributed by atoms with van der Waals surface area (Å²) in [6.07, 6.45) is -0.770. The molecule has 0 aliphatic rings. The van der Waals surface area contributed by atoms with Crippen LogP contribution in [0.3, 0.4) is 0 Å². The van der Waals surface area contributed by atoms with Gasteiger partial charge in [0.25, 0.3) is 0 Å². The van der Waals surface area contributed by atoms with Crippen LogP contribution >= 0.6 is 0 Å². The monoisotopic (exact) mass is 730 g/mol. The minimum absolute atomic E-state index is 0.00475. The van der Waals surface area contributed by atoms with Gasteiger partial charge in [-0.05, 0) is 53.8 Å². The lowest BCUT2D eigenvalue weighted by Gasteiger charge is -2.43. The molecule has 0 aliphatic carbocycles. The van der Waals surface area contributed by atoms with Crippen LogP contribution in [0.1, 0.15) is 66.5 Å². The average Bonchev–Trinajstić information content (AvgIpc) is 3.16. The minimum Gasteiger partial charge on any atom is -0.446 e. The zero-order valence-corrected chi connectivity index (χ0v) is 34.5. The van der Waals surface area contributed by atoms with Crippen molar-refractivity contribution in [2.45, 2.75) is 123 Å². The van der Waals surface area contributed by atoms with Crippen LogP contribution in [0.4, 0.5) is 4.79 Å². The minimum atomic E-state index is -2.17. The second-order valence-corrected chi connectivity index (χ2v) is 23.0. The highest BCUT2D eigenvalue weighted by Crippen LogP contribution is 2.34. The number of carbonyl (C=O) groups excluding carboxylic acids is 2. The molecule has 0 aromatic heterocycles. The summed E-state index contributed by atoms with van der Waals surface area (Å²) in [5, 5.41) is 4.25. The molecule has 2 rings (SSSR count). The summed E-state index contributed by atoms with van der Waals surface area (Å²) in [6, 6.07) is 25.6. The van der Waals surface area contributed by atoms with E-state index in [0.717, 1.165) is 52.5 Å². The van der Waals surface area contributed by atoms with Crippen LogP contribution in [0.5, 0.6) is 0 Å². The highest BCUT2D eigenvalue weighted by Gasteiger charge is 2.43. The number of nitrogens with zero attached hydrogens (tertiary/aromatic N) is 1. The van der Waals surface area contributed by atoms with Crippen molar-refractivity contribution in [3.8, 4) is 0 Å². The van der Waals surface area contributed by atoms with E-state index in [1.54, 1.807) is 0 Å². The molecule has 9 nitrogen and oxygen atoms in total. The third kappa shape index (κ3) is 13.2. The molecule has 2 amide bonds. The highest BCUT2D eigenvalue weighted by molar-refractivity contribution is 6.74. The molecule has 5 atom stereocenters. The summed E-state index contributed by atoms with van der Waals surface area (Å²) in [4.78, 5) is 31.8. The van der Waals surface area contributed by atoms with E-state index in [9.17, 15) is 9.59 Å². The van der Waals surface area contributed by atoms with Gasteiger partial charge in [-0.2, -0.15) is 5.06 Å². The maximum absolute atomic E-state index is 14.3. The molecule has 1 N–H and O–H groups in total. The predicted octanol–water partition coefficient (Wildman–Crippen LogP) is 8.61. The molecule has 0 aliphatic heterocycles. The van der Waals surface area contributed by atoms with Crippen molar-refractivity contribution in [1.82, 2.24) is 10.4 Å². The van der Waals surface area contributed by atoms with Crippen LogP contribution in [0.2, 0.25) is 36.3 Å². The van der Waals surface area contributed by atoms with E-state index in [2.05, 4.69) is 65.9 Å². The Kier molecular flexibility index (Phi) is 19.5. The molecule has 50 heavy (non-hydrogen) atoms. The maximum atomic E-state index is 14.3. The van der Waals surface area contributed by atoms with Gasteiger partial charge in [0.15, 0.2) is 16.6 Å². The second-order valence-electron chi connectivity index (χ2n) is 13.5. The Bertz CT molecular complexity index is 1210. The summed E-state index contributed by atoms with van der Waals surface area (Å²) in [5.41, 5.74) is 2.14. The lowest BCUT2D eigenvalue weighted by atomic mass is 9.88. The number of carbonyl (C=O) groups is 2. The molecule has 0 bridgehead atoms. The van der Waals surface area contributed by atoms with E-state index >= 15 is 0 Å². The van der Waals surface area contributed by atoms with Crippen LogP contribution in [-0.4, -0.2) is 79.3 Å². The third-order valence-corrected chi connectivity index (χ3v) is 20.0. The molecule has 0 spiro atoms. The molecule has 0 heterocycles. The van der Waals surface area contributed by atoms with Gasteiger partial charge in [-0.15, -0.1) is 0 Å². The molecule has 0 unspecified atom stereocenters. The quantitative estimate of drug-likeness (QED) is 0.0854. The molecule has 0 saturated carbocycles. The lowest BCUT2D eigenvalue weighted by Crippen LogP contribution is -2.54. The standard InChI is InChI=1S/C39H66N2O7Si2/c1-11-49(12-2,13-3)47-36(30-45-28-34-25-21-18-22-26-34)31(7)37(48-50(14-4,15-5)16-6)32(8)38(42)40-35(27-33-23-19-17-20-24-33)29-46-39(43)41(9)44-10/h17-26,31-32,35-37H,11-16,27-30H2,1-10H3,(H,40,42)/t31-,32+,35+,36+,37-/m0/s1. The van der Waals surface area contributed by atoms with E-state index in [4.69, 9.17) is 23.2 Å². The molecular weight excluding hydrogens is 665 g/mol. The van der Waals surface area contributed by atoms with Gasteiger partial charge in [-0.3, -0.25) is 9.63 Å². The van der Waals surface area contributed by atoms with E-state index in [1.807, 2.05) is 55.5 Å². The highest BCUT2D eigenvalue weighted by atomic mass is 28.4. The summed E-state index contributed by atoms with van der Waals surface area (Å²) < 4.78 is 26.4. The fourth-order valence-electron chi connectivity index (χ4n) is 6.52. The topological polar surface area (TPSA) is 95.6 Å².